The molecule has 42 heavy (non-hydrogen) atoms. The Kier molecular flexibility index (Phi) is 6.46. The number of likely N-dealkylation sites (tertiary alicyclic amines) is 1. The van der Waals surface area contributed by atoms with Crippen molar-refractivity contribution in [3.8, 4) is 0 Å². The zero-order valence-corrected chi connectivity index (χ0v) is 23.9. The number of hydrogen-bond donors (Lipinski definition) is 2. The number of urea groups is 1. The van der Waals surface area contributed by atoms with Crippen LogP contribution in [0.15, 0.2) is 72.9 Å². The van der Waals surface area contributed by atoms with E-state index in [1.807, 2.05) is 61.3 Å². The molecule has 3 aliphatic heterocycles. The molecule has 3 aromatic carbocycles. The van der Waals surface area contributed by atoms with Gasteiger partial charge in [-0.3, -0.25) is 9.48 Å². The third-order valence-corrected chi connectivity index (χ3v) is 8.93. The average Bonchev–Trinajstić information content (AvgIpc) is 3.48. The highest BCUT2D eigenvalue weighted by Gasteiger charge is 2.43. The summed E-state index contributed by atoms with van der Waals surface area (Å²) in [6, 6.07) is 21.8. The van der Waals surface area contributed by atoms with Crippen molar-refractivity contribution in [3.63, 3.8) is 0 Å². The van der Waals surface area contributed by atoms with Gasteiger partial charge in [-0.2, -0.15) is 5.10 Å². The van der Waals surface area contributed by atoms with Gasteiger partial charge in [0.25, 0.3) is 5.91 Å². The van der Waals surface area contributed by atoms with Crippen molar-refractivity contribution in [1.29, 1.82) is 0 Å². The highest BCUT2D eigenvalue weighted by Crippen LogP contribution is 2.44. The van der Waals surface area contributed by atoms with Crippen molar-refractivity contribution in [2.45, 2.75) is 45.1 Å². The van der Waals surface area contributed by atoms with Gasteiger partial charge in [0.05, 0.1) is 36.3 Å². The van der Waals surface area contributed by atoms with Crippen LogP contribution in [0.4, 0.5) is 22.0 Å². The number of para-hydroxylation sites is 2. The van der Waals surface area contributed by atoms with Gasteiger partial charge < -0.3 is 25.2 Å². The molecule has 0 atom stereocenters. The summed E-state index contributed by atoms with van der Waals surface area (Å²) in [6.07, 6.45) is 3.39. The van der Waals surface area contributed by atoms with E-state index in [-0.39, 0.29) is 17.5 Å². The van der Waals surface area contributed by atoms with E-state index in [2.05, 4.69) is 40.0 Å². The molecular formula is C33H34N6O3. The Balaban J connectivity index is 1.01. The number of aryl methyl sites for hydroxylation is 2. The van der Waals surface area contributed by atoms with E-state index >= 15 is 0 Å². The molecule has 0 saturated carbocycles. The Morgan fingerprint density at radius 2 is 1.81 bits per heavy atom. The van der Waals surface area contributed by atoms with Gasteiger partial charge in [-0.25, -0.2) is 4.79 Å². The van der Waals surface area contributed by atoms with Crippen molar-refractivity contribution in [1.82, 2.24) is 20.0 Å². The molecule has 7 rings (SSSR count). The summed E-state index contributed by atoms with van der Waals surface area (Å²) in [6.45, 7) is 4.74. The van der Waals surface area contributed by atoms with Crippen molar-refractivity contribution >= 4 is 29.1 Å². The molecule has 9 heteroatoms. The first-order valence-electron chi connectivity index (χ1n) is 14.5. The largest absolute Gasteiger partial charge is 0.365 e. The second-order valence-electron chi connectivity index (χ2n) is 11.4. The average molecular weight is 563 g/mol. The van der Waals surface area contributed by atoms with Crippen LogP contribution in [0.5, 0.6) is 0 Å². The number of hydrogen-bond acceptors (Lipinski definition) is 5. The number of piperidine rings is 1. The highest BCUT2D eigenvalue weighted by molar-refractivity contribution is 6.08. The van der Waals surface area contributed by atoms with Crippen LogP contribution >= 0.6 is 0 Å². The number of anilines is 3. The minimum Gasteiger partial charge on any atom is -0.365 e. The highest BCUT2D eigenvalue weighted by atomic mass is 16.5. The van der Waals surface area contributed by atoms with Crippen molar-refractivity contribution < 1.29 is 14.3 Å². The fourth-order valence-corrected chi connectivity index (χ4v) is 6.47. The maximum Gasteiger partial charge on any atom is 0.317 e. The Labute approximate surface area is 245 Å². The maximum absolute atomic E-state index is 13.8. The second kappa shape index (κ2) is 10.3. The lowest BCUT2D eigenvalue weighted by Gasteiger charge is -2.39. The Bertz CT molecular complexity index is 1690. The molecule has 1 spiro atoms. The molecule has 9 nitrogen and oxygen atoms in total. The van der Waals surface area contributed by atoms with Crippen LogP contribution in [-0.2, 0) is 37.1 Å². The lowest BCUT2D eigenvalue weighted by Crippen LogP contribution is -2.48. The van der Waals surface area contributed by atoms with Gasteiger partial charge in [-0.15, -0.1) is 0 Å². The van der Waals surface area contributed by atoms with Crippen molar-refractivity contribution in [3.05, 3.63) is 106 Å². The summed E-state index contributed by atoms with van der Waals surface area (Å²) >= 11 is 0. The number of ether oxygens (including phenoxy) is 1. The Morgan fingerprint density at radius 3 is 2.64 bits per heavy atom. The topological polar surface area (TPSA) is 91.7 Å². The van der Waals surface area contributed by atoms with Gasteiger partial charge in [0.1, 0.15) is 5.82 Å². The van der Waals surface area contributed by atoms with Crippen LogP contribution < -0.4 is 15.5 Å². The van der Waals surface area contributed by atoms with Gasteiger partial charge in [0, 0.05) is 37.8 Å². The summed E-state index contributed by atoms with van der Waals surface area (Å²) in [4.78, 5) is 30.6. The van der Waals surface area contributed by atoms with E-state index in [4.69, 9.17) is 4.74 Å². The molecule has 0 radical (unpaired) electrons. The molecular weight excluding hydrogens is 528 g/mol. The summed E-state index contributed by atoms with van der Waals surface area (Å²) in [7, 11) is 1.89. The second-order valence-corrected chi connectivity index (χ2v) is 11.4. The normalized spacial score (nSPS) is 16.7. The van der Waals surface area contributed by atoms with Gasteiger partial charge in [-0.05, 0) is 66.3 Å². The summed E-state index contributed by atoms with van der Waals surface area (Å²) in [5.74, 6) is 0.794. The number of carbonyl (C=O) groups excluding carboxylic acids is 2. The van der Waals surface area contributed by atoms with Gasteiger partial charge in [0.2, 0.25) is 0 Å². The van der Waals surface area contributed by atoms with E-state index in [1.54, 1.807) is 15.8 Å². The minimum atomic E-state index is -0.269. The molecule has 214 valence electrons. The number of carbonyl (C=O) groups is 2. The summed E-state index contributed by atoms with van der Waals surface area (Å²) < 4.78 is 8.04. The van der Waals surface area contributed by atoms with Gasteiger partial charge >= 0.3 is 6.03 Å². The standard InChI is InChI=1S/C33H34N6O3/c1-22-17-23(31(40)39-20-26-19-35-37(2)30(26)36-28-9-5-6-10-29(28)39)11-12-24(22)18-34-32(41)38-15-13-33(14-16-38)27-8-4-3-7-25(27)21-42-33/h3-12,17,19,36H,13-16,18,20-21H2,1-2H3,(H,34,41). The number of nitrogens with zero attached hydrogens (tertiary/aromatic N) is 4. The molecule has 2 N–H and O–H groups in total. The van der Waals surface area contributed by atoms with Crippen LogP contribution in [-0.4, -0.2) is 39.7 Å². The number of aromatic nitrogens is 2. The molecule has 1 saturated heterocycles. The fraction of sp³-hybridized carbons (Fsp3) is 0.303. The number of rotatable bonds is 3. The molecule has 4 aromatic rings. The predicted molar refractivity (Wildman–Crippen MR) is 161 cm³/mol. The van der Waals surface area contributed by atoms with Crippen LogP contribution in [0.25, 0.3) is 0 Å². The van der Waals surface area contributed by atoms with Crippen molar-refractivity contribution in [2.24, 2.45) is 7.05 Å². The lowest BCUT2D eigenvalue weighted by atomic mass is 9.84. The zero-order chi connectivity index (χ0) is 28.8. The molecule has 1 aromatic heterocycles. The fourth-order valence-electron chi connectivity index (χ4n) is 6.47. The summed E-state index contributed by atoms with van der Waals surface area (Å²) in [5.41, 5.74) is 7.43. The third kappa shape index (κ3) is 4.50. The van der Waals surface area contributed by atoms with E-state index in [0.717, 1.165) is 46.7 Å². The zero-order valence-electron chi connectivity index (χ0n) is 23.9. The first-order valence-corrected chi connectivity index (χ1v) is 14.5. The van der Waals surface area contributed by atoms with Crippen LogP contribution in [0.1, 0.15) is 51.0 Å². The number of amides is 3. The quantitative estimate of drug-likeness (QED) is 0.351. The van der Waals surface area contributed by atoms with Crippen LogP contribution in [0.3, 0.4) is 0 Å². The number of nitrogens with one attached hydrogen (secondary N) is 2. The first-order chi connectivity index (χ1) is 20.4. The lowest BCUT2D eigenvalue weighted by molar-refractivity contribution is -0.0728. The molecule has 4 heterocycles. The minimum absolute atomic E-state index is 0.0726. The molecule has 3 amide bonds. The van der Waals surface area contributed by atoms with Crippen molar-refractivity contribution in [2.75, 3.05) is 23.3 Å². The van der Waals surface area contributed by atoms with Gasteiger partial charge in [0.15, 0.2) is 0 Å². The van der Waals surface area contributed by atoms with E-state index < -0.39 is 0 Å². The Morgan fingerprint density at radius 1 is 1.02 bits per heavy atom. The van der Waals surface area contributed by atoms with Crippen LogP contribution in [0.2, 0.25) is 0 Å². The smallest absolute Gasteiger partial charge is 0.317 e. The number of fused-ring (bicyclic) bond motifs is 4. The maximum atomic E-state index is 13.8. The van der Waals surface area contributed by atoms with E-state index in [9.17, 15) is 9.59 Å². The number of benzene rings is 3. The SMILES string of the molecule is Cc1cc(C(=O)N2Cc3cnn(C)c3Nc3ccccc32)ccc1CNC(=O)N1CCC2(CC1)OCc1ccccc12. The summed E-state index contributed by atoms with van der Waals surface area (Å²) in [5, 5.41) is 10.9. The third-order valence-electron chi connectivity index (χ3n) is 8.93. The van der Waals surface area contributed by atoms with E-state index in [0.29, 0.717) is 38.3 Å². The van der Waals surface area contributed by atoms with Crippen LogP contribution in [0, 0.1) is 6.92 Å². The first kappa shape index (κ1) is 26.3. The Hall–Kier alpha value is -4.63. The molecule has 0 bridgehead atoms. The van der Waals surface area contributed by atoms with Gasteiger partial charge in [-0.1, -0.05) is 42.5 Å². The molecule has 0 unspecified atom stereocenters. The van der Waals surface area contributed by atoms with E-state index in [1.165, 1.54) is 11.1 Å². The molecule has 3 aliphatic rings. The monoisotopic (exact) mass is 562 g/mol. The molecule has 1 fully saturated rings. The predicted octanol–water partition coefficient (Wildman–Crippen LogP) is 5.36. The molecule has 0 aliphatic carbocycles.